The average Bonchev–Trinajstić information content (AvgIpc) is 3.07. The van der Waals surface area contributed by atoms with E-state index in [1.807, 2.05) is 4.90 Å². The number of likely N-dealkylation sites (tertiary alicyclic amines) is 1. The first-order chi connectivity index (χ1) is 12.0. The molecule has 1 amide bonds. The number of amides is 1. The molecule has 4 rings (SSSR count). The largest absolute Gasteiger partial charge is 0.364 e. The van der Waals surface area contributed by atoms with Crippen LogP contribution in [0.1, 0.15) is 42.7 Å². The number of hydrogen-bond acceptors (Lipinski definition) is 3. The summed E-state index contributed by atoms with van der Waals surface area (Å²) in [7, 11) is 0. The van der Waals surface area contributed by atoms with Gasteiger partial charge in [0, 0.05) is 30.1 Å². The SMILES string of the molecule is Cc1c(F)cc(C2CCN(C(=O)C3CC4(COCN4)C3)CC2)cc1F. The van der Waals surface area contributed by atoms with Gasteiger partial charge in [0.05, 0.1) is 13.3 Å². The van der Waals surface area contributed by atoms with E-state index in [0.717, 1.165) is 25.7 Å². The molecule has 2 heterocycles. The molecule has 1 N–H and O–H groups in total. The highest BCUT2D eigenvalue weighted by atomic mass is 19.1. The van der Waals surface area contributed by atoms with E-state index in [1.54, 1.807) is 0 Å². The first-order valence-electron chi connectivity index (χ1n) is 9.04. The Hall–Kier alpha value is -1.53. The van der Waals surface area contributed by atoms with Gasteiger partial charge < -0.3 is 9.64 Å². The molecule has 1 aromatic rings. The van der Waals surface area contributed by atoms with Crippen molar-refractivity contribution in [3.63, 3.8) is 0 Å². The Morgan fingerprint density at radius 1 is 1.24 bits per heavy atom. The third kappa shape index (κ3) is 3.06. The quantitative estimate of drug-likeness (QED) is 0.892. The van der Waals surface area contributed by atoms with Gasteiger partial charge in [-0.2, -0.15) is 0 Å². The van der Waals surface area contributed by atoms with Gasteiger partial charge >= 0.3 is 0 Å². The normalized spacial score (nSPS) is 29.9. The van der Waals surface area contributed by atoms with Crippen LogP contribution in [0.5, 0.6) is 0 Å². The maximum atomic E-state index is 13.8. The van der Waals surface area contributed by atoms with E-state index in [2.05, 4.69) is 5.32 Å². The molecular formula is C19H24F2N2O2. The summed E-state index contributed by atoms with van der Waals surface area (Å²) in [6.45, 7) is 4.05. The molecule has 0 unspecified atom stereocenters. The number of rotatable bonds is 2. The van der Waals surface area contributed by atoms with E-state index in [0.29, 0.717) is 32.0 Å². The van der Waals surface area contributed by atoms with E-state index in [4.69, 9.17) is 4.74 Å². The highest BCUT2D eigenvalue weighted by Gasteiger charge is 2.50. The summed E-state index contributed by atoms with van der Waals surface area (Å²) >= 11 is 0. The lowest BCUT2D eigenvalue weighted by molar-refractivity contribution is -0.142. The summed E-state index contributed by atoms with van der Waals surface area (Å²) in [4.78, 5) is 14.6. The Labute approximate surface area is 146 Å². The molecule has 0 radical (unpaired) electrons. The van der Waals surface area contributed by atoms with Crippen LogP contribution in [0, 0.1) is 24.5 Å². The minimum atomic E-state index is -0.487. The van der Waals surface area contributed by atoms with Crippen molar-refractivity contribution in [3.8, 4) is 0 Å². The van der Waals surface area contributed by atoms with Crippen molar-refractivity contribution in [3.05, 3.63) is 34.9 Å². The molecule has 1 aliphatic carbocycles. The molecule has 25 heavy (non-hydrogen) atoms. The zero-order valence-corrected chi connectivity index (χ0v) is 14.5. The molecule has 3 fully saturated rings. The summed E-state index contributed by atoms with van der Waals surface area (Å²) in [5.74, 6) is -0.551. The number of carbonyl (C=O) groups excluding carboxylic acids is 1. The highest BCUT2D eigenvalue weighted by Crippen LogP contribution is 2.41. The first kappa shape index (κ1) is 16.9. The van der Waals surface area contributed by atoms with Crippen molar-refractivity contribution in [1.82, 2.24) is 10.2 Å². The summed E-state index contributed by atoms with van der Waals surface area (Å²) < 4.78 is 32.9. The van der Waals surface area contributed by atoms with Gasteiger partial charge in [0.2, 0.25) is 5.91 Å². The zero-order chi connectivity index (χ0) is 17.6. The van der Waals surface area contributed by atoms with Crippen LogP contribution in [0.3, 0.4) is 0 Å². The summed E-state index contributed by atoms with van der Waals surface area (Å²) in [6, 6.07) is 2.89. The van der Waals surface area contributed by atoms with E-state index in [-0.39, 0.29) is 28.8 Å². The molecule has 0 atom stereocenters. The van der Waals surface area contributed by atoms with Crippen LogP contribution < -0.4 is 5.32 Å². The summed E-state index contributed by atoms with van der Waals surface area (Å²) in [5.41, 5.74) is 0.803. The molecule has 1 aromatic carbocycles. The molecule has 0 bridgehead atoms. The van der Waals surface area contributed by atoms with Crippen molar-refractivity contribution in [2.45, 2.75) is 44.1 Å². The molecule has 4 nitrogen and oxygen atoms in total. The maximum Gasteiger partial charge on any atom is 0.225 e. The highest BCUT2D eigenvalue weighted by molar-refractivity contribution is 5.80. The van der Waals surface area contributed by atoms with Crippen LogP contribution in [0.15, 0.2) is 12.1 Å². The van der Waals surface area contributed by atoms with E-state index in [9.17, 15) is 13.6 Å². The molecule has 2 saturated heterocycles. The van der Waals surface area contributed by atoms with Crippen LogP contribution in [0.2, 0.25) is 0 Å². The third-order valence-electron chi connectivity index (χ3n) is 6.13. The van der Waals surface area contributed by atoms with E-state index in [1.165, 1.54) is 19.1 Å². The third-order valence-corrected chi connectivity index (χ3v) is 6.13. The predicted molar refractivity (Wildman–Crippen MR) is 89.1 cm³/mol. The lowest BCUT2D eigenvalue weighted by atomic mass is 9.68. The fourth-order valence-corrected chi connectivity index (χ4v) is 4.41. The average molecular weight is 350 g/mol. The van der Waals surface area contributed by atoms with Crippen LogP contribution >= 0.6 is 0 Å². The second-order valence-electron chi connectivity index (χ2n) is 7.76. The lowest BCUT2D eigenvalue weighted by Crippen LogP contribution is -2.58. The first-order valence-corrected chi connectivity index (χ1v) is 9.04. The van der Waals surface area contributed by atoms with Crippen molar-refractivity contribution < 1.29 is 18.3 Å². The Kier molecular flexibility index (Phi) is 4.28. The van der Waals surface area contributed by atoms with Gasteiger partial charge in [-0.3, -0.25) is 10.1 Å². The number of nitrogens with zero attached hydrogens (tertiary/aromatic N) is 1. The predicted octanol–water partition coefficient (Wildman–Crippen LogP) is 2.71. The second-order valence-corrected chi connectivity index (χ2v) is 7.76. The number of hydrogen-bond donors (Lipinski definition) is 1. The van der Waals surface area contributed by atoms with Crippen molar-refractivity contribution in [2.75, 3.05) is 26.4 Å². The number of benzene rings is 1. The smallest absolute Gasteiger partial charge is 0.225 e. The molecule has 3 aliphatic rings. The van der Waals surface area contributed by atoms with Gasteiger partial charge in [-0.15, -0.1) is 0 Å². The van der Waals surface area contributed by atoms with Crippen molar-refractivity contribution >= 4 is 5.91 Å². The van der Waals surface area contributed by atoms with Crippen molar-refractivity contribution in [2.24, 2.45) is 5.92 Å². The van der Waals surface area contributed by atoms with Gasteiger partial charge in [0.15, 0.2) is 0 Å². The van der Waals surface area contributed by atoms with E-state index >= 15 is 0 Å². The molecule has 1 spiro atoms. The Bertz CT molecular complexity index is 649. The molecule has 1 saturated carbocycles. The van der Waals surface area contributed by atoms with Gasteiger partial charge in [0.25, 0.3) is 0 Å². The van der Waals surface area contributed by atoms with Crippen LogP contribution in [0.25, 0.3) is 0 Å². The number of carbonyl (C=O) groups is 1. The molecule has 136 valence electrons. The fraction of sp³-hybridized carbons (Fsp3) is 0.632. The van der Waals surface area contributed by atoms with Gasteiger partial charge in [-0.1, -0.05) is 0 Å². The van der Waals surface area contributed by atoms with E-state index < -0.39 is 11.6 Å². The van der Waals surface area contributed by atoms with Gasteiger partial charge in [-0.25, -0.2) is 8.78 Å². The molecule has 2 aliphatic heterocycles. The summed E-state index contributed by atoms with van der Waals surface area (Å²) in [5, 5.41) is 3.34. The van der Waals surface area contributed by atoms with Gasteiger partial charge in [-0.05, 0) is 56.2 Å². The lowest BCUT2D eigenvalue weighted by Gasteiger charge is -2.45. The molecule has 0 aromatic heterocycles. The number of ether oxygens (including phenoxy) is 1. The number of nitrogens with one attached hydrogen (secondary N) is 1. The Morgan fingerprint density at radius 3 is 2.44 bits per heavy atom. The second kappa shape index (κ2) is 6.32. The Morgan fingerprint density at radius 2 is 1.88 bits per heavy atom. The monoisotopic (exact) mass is 350 g/mol. The minimum absolute atomic E-state index is 0.0234. The van der Waals surface area contributed by atoms with Crippen molar-refractivity contribution in [1.29, 1.82) is 0 Å². The van der Waals surface area contributed by atoms with Crippen LogP contribution in [-0.4, -0.2) is 42.8 Å². The maximum absolute atomic E-state index is 13.8. The minimum Gasteiger partial charge on any atom is -0.364 e. The van der Waals surface area contributed by atoms with Crippen LogP contribution in [0.4, 0.5) is 8.78 Å². The zero-order valence-electron chi connectivity index (χ0n) is 14.5. The number of piperidine rings is 1. The number of halogens is 2. The molecular weight excluding hydrogens is 326 g/mol. The topological polar surface area (TPSA) is 41.6 Å². The van der Waals surface area contributed by atoms with Gasteiger partial charge in [0.1, 0.15) is 11.6 Å². The fourth-order valence-electron chi connectivity index (χ4n) is 4.41. The summed E-state index contributed by atoms with van der Waals surface area (Å²) in [6.07, 6.45) is 3.21. The standard InChI is InChI=1S/C19H24F2N2O2/c1-12-16(20)6-14(7-17(12)21)13-2-4-23(5-3-13)18(24)15-8-19(9-15)10-25-11-22-19/h6-7,13,15,22H,2-5,8-11H2,1H3. The Balaban J connectivity index is 1.33. The molecule has 6 heteroatoms. The van der Waals surface area contributed by atoms with Crippen LogP contribution in [-0.2, 0) is 9.53 Å².